The van der Waals surface area contributed by atoms with E-state index in [1.165, 1.54) is 0 Å². The standard InChI is InChI=1S/C6H13N3.2H2/c1-5(2)9-6-7-3-4-8-6;;/h5H,3-4H2,1-2H3,(H2,7,8,9);2*1H. The van der Waals surface area contributed by atoms with Gasteiger partial charge in [0.2, 0.25) is 0 Å². The van der Waals surface area contributed by atoms with E-state index in [4.69, 9.17) is 0 Å². The highest BCUT2D eigenvalue weighted by molar-refractivity contribution is 5.81. The van der Waals surface area contributed by atoms with E-state index in [0.29, 0.717) is 6.04 Å². The molecule has 3 nitrogen and oxygen atoms in total. The molecule has 0 aromatic rings. The first kappa shape index (κ1) is 6.39. The van der Waals surface area contributed by atoms with Gasteiger partial charge in [-0.25, -0.2) is 0 Å². The van der Waals surface area contributed by atoms with E-state index in [2.05, 4.69) is 29.5 Å². The van der Waals surface area contributed by atoms with Crippen molar-refractivity contribution in [2.45, 2.75) is 19.9 Å². The highest BCUT2D eigenvalue weighted by atomic mass is 15.2. The summed E-state index contributed by atoms with van der Waals surface area (Å²) in [6, 6.07) is 0.481. The second-order valence-corrected chi connectivity index (χ2v) is 2.46. The molecule has 56 valence electrons. The molecular weight excluding hydrogens is 114 g/mol. The van der Waals surface area contributed by atoms with E-state index in [1.54, 1.807) is 0 Å². The average Bonchev–Trinajstić information content (AvgIpc) is 2.15. The summed E-state index contributed by atoms with van der Waals surface area (Å²) in [7, 11) is 0. The fourth-order valence-corrected chi connectivity index (χ4v) is 0.768. The Hall–Kier alpha value is -0.730. The molecule has 0 aromatic heterocycles. The lowest BCUT2D eigenvalue weighted by molar-refractivity contribution is 0.718. The molecule has 0 saturated heterocycles. The van der Waals surface area contributed by atoms with Crippen molar-refractivity contribution in [2.75, 3.05) is 13.1 Å². The smallest absolute Gasteiger partial charge is 0.191 e. The Morgan fingerprint density at radius 2 is 2.56 bits per heavy atom. The Bertz CT molecular complexity index is 125. The van der Waals surface area contributed by atoms with E-state index >= 15 is 0 Å². The van der Waals surface area contributed by atoms with Crippen LogP contribution in [0.2, 0.25) is 0 Å². The van der Waals surface area contributed by atoms with E-state index in [0.717, 1.165) is 19.0 Å². The van der Waals surface area contributed by atoms with E-state index < -0.39 is 0 Å². The second-order valence-electron chi connectivity index (χ2n) is 2.46. The van der Waals surface area contributed by atoms with Gasteiger partial charge in [-0.15, -0.1) is 0 Å². The molecule has 0 radical (unpaired) electrons. The first-order valence-corrected chi connectivity index (χ1v) is 3.34. The Morgan fingerprint density at radius 1 is 1.78 bits per heavy atom. The van der Waals surface area contributed by atoms with Crippen LogP contribution >= 0.6 is 0 Å². The summed E-state index contributed by atoms with van der Waals surface area (Å²) in [6.07, 6.45) is 0. The SMILES string of the molecule is CC(C)NC1=NCCN1.[HH].[HH]. The number of nitrogens with zero attached hydrogens (tertiary/aromatic N) is 1. The minimum atomic E-state index is 0. The van der Waals surface area contributed by atoms with E-state index in [1.807, 2.05) is 0 Å². The van der Waals surface area contributed by atoms with Gasteiger partial charge in [0.15, 0.2) is 5.96 Å². The van der Waals surface area contributed by atoms with Crippen molar-refractivity contribution in [3.8, 4) is 0 Å². The van der Waals surface area contributed by atoms with Crippen molar-refractivity contribution in [1.29, 1.82) is 0 Å². The van der Waals surface area contributed by atoms with Crippen molar-refractivity contribution in [3.05, 3.63) is 0 Å². The van der Waals surface area contributed by atoms with Crippen LogP contribution < -0.4 is 10.6 Å². The van der Waals surface area contributed by atoms with Crippen LogP contribution in [0, 0.1) is 0 Å². The molecule has 1 aliphatic rings. The van der Waals surface area contributed by atoms with Crippen LogP contribution in [-0.4, -0.2) is 25.1 Å². The number of nitrogens with one attached hydrogen (secondary N) is 2. The van der Waals surface area contributed by atoms with Crippen LogP contribution in [0.25, 0.3) is 0 Å². The molecular formula is C6H17N3. The fraction of sp³-hybridized carbons (Fsp3) is 0.833. The van der Waals surface area contributed by atoms with Crippen LogP contribution in [0.4, 0.5) is 0 Å². The Kier molecular flexibility index (Phi) is 1.92. The van der Waals surface area contributed by atoms with Gasteiger partial charge in [-0.3, -0.25) is 4.99 Å². The van der Waals surface area contributed by atoms with Gasteiger partial charge in [-0.2, -0.15) is 0 Å². The number of hydrogen-bond acceptors (Lipinski definition) is 3. The van der Waals surface area contributed by atoms with Gasteiger partial charge in [0.1, 0.15) is 0 Å². The number of guanidine groups is 1. The molecule has 9 heavy (non-hydrogen) atoms. The molecule has 0 spiro atoms. The molecule has 1 rings (SSSR count). The van der Waals surface area contributed by atoms with Gasteiger partial charge >= 0.3 is 0 Å². The molecule has 0 aliphatic carbocycles. The van der Waals surface area contributed by atoms with Crippen molar-refractivity contribution in [1.82, 2.24) is 10.6 Å². The van der Waals surface area contributed by atoms with Crippen molar-refractivity contribution in [3.63, 3.8) is 0 Å². The molecule has 1 heterocycles. The summed E-state index contributed by atoms with van der Waals surface area (Å²) in [6.45, 7) is 6.09. The Balaban J connectivity index is 0. The molecule has 3 heteroatoms. The monoisotopic (exact) mass is 131 g/mol. The summed E-state index contributed by atoms with van der Waals surface area (Å²) in [4.78, 5) is 4.17. The summed E-state index contributed by atoms with van der Waals surface area (Å²) in [5, 5.41) is 6.31. The maximum Gasteiger partial charge on any atom is 0.191 e. The van der Waals surface area contributed by atoms with Gasteiger partial charge in [0.25, 0.3) is 0 Å². The third kappa shape index (κ3) is 1.91. The van der Waals surface area contributed by atoms with Gasteiger partial charge in [-0.05, 0) is 13.8 Å². The zero-order valence-electron chi connectivity index (χ0n) is 5.94. The highest BCUT2D eigenvalue weighted by Crippen LogP contribution is 1.83. The summed E-state index contributed by atoms with van der Waals surface area (Å²) >= 11 is 0. The van der Waals surface area contributed by atoms with Crippen LogP contribution in [-0.2, 0) is 0 Å². The van der Waals surface area contributed by atoms with Gasteiger partial charge in [0.05, 0.1) is 6.54 Å². The summed E-state index contributed by atoms with van der Waals surface area (Å²) in [5.74, 6) is 0.949. The van der Waals surface area contributed by atoms with Crippen LogP contribution in [0.15, 0.2) is 4.99 Å². The predicted octanol–water partition coefficient (Wildman–Crippen LogP) is 0.436. The van der Waals surface area contributed by atoms with Gasteiger partial charge in [0, 0.05) is 15.4 Å². The lowest BCUT2D eigenvalue weighted by Crippen LogP contribution is -2.37. The topological polar surface area (TPSA) is 36.4 Å². The molecule has 0 unspecified atom stereocenters. The first-order chi connectivity index (χ1) is 4.29. The lowest BCUT2D eigenvalue weighted by atomic mass is 10.4. The lowest BCUT2D eigenvalue weighted by Gasteiger charge is -2.08. The maximum atomic E-state index is 4.17. The molecule has 2 N–H and O–H groups in total. The number of rotatable bonds is 1. The van der Waals surface area contributed by atoms with Crippen LogP contribution in [0.1, 0.15) is 16.7 Å². The predicted molar refractivity (Wildman–Crippen MR) is 42.8 cm³/mol. The van der Waals surface area contributed by atoms with Gasteiger partial charge < -0.3 is 10.6 Å². The zero-order chi connectivity index (χ0) is 6.69. The summed E-state index contributed by atoms with van der Waals surface area (Å²) in [5.41, 5.74) is 0. The van der Waals surface area contributed by atoms with Crippen LogP contribution in [0.5, 0.6) is 0 Å². The molecule has 0 aromatic carbocycles. The minimum Gasteiger partial charge on any atom is -0.355 e. The Labute approximate surface area is 58.5 Å². The molecule has 0 bridgehead atoms. The highest BCUT2D eigenvalue weighted by Gasteiger charge is 2.03. The molecule has 0 amide bonds. The number of hydrogen-bond donors (Lipinski definition) is 2. The molecule has 0 saturated carbocycles. The van der Waals surface area contributed by atoms with Crippen molar-refractivity contribution in [2.24, 2.45) is 4.99 Å². The van der Waals surface area contributed by atoms with Crippen molar-refractivity contribution < 1.29 is 2.85 Å². The normalized spacial score (nSPS) is 17.4. The maximum absolute atomic E-state index is 4.17. The van der Waals surface area contributed by atoms with E-state index in [-0.39, 0.29) is 2.85 Å². The first-order valence-electron chi connectivity index (χ1n) is 3.34. The van der Waals surface area contributed by atoms with Crippen LogP contribution in [0.3, 0.4) is 0 Å². The Morgan fingerprint density at radius 3 is 3.00 bits per heavy atom. The third-order valence-electron chi connectivity index (χ3n) is 1.10. The largest absolute Gasteiger partial charge is 0.355 e. The number of aliphatic imine (C=N–C) groups is 1. The molecule has 0 atom stereocenters. The fourth-order valence-electron chi connectivity index (χ4n) is 0.768. The van der Waals surface area contributed by atoms with E-state index in [9.17, 15) is 0 Å². The molecule has 0 fully saturated rings. The zero-order valence-corrected chi connectivity index (χ0v) is 5.94. The second kappa shape index (κ2) is 2.71. The molecule has 1 aliphatic heterocycles. The third-order valence-corrected chi connectivity index (χ3v) is 1.10. The van der Waals surface area contributed by atoms with Crippen molar-refractivity contribution >= 4 is 5.96 Å². The summed E-state index contributed by atoms with van der Waals surface area (Å²) < 4.78 is 0. The average molecular weight is 131 g/mol. The quantitative estimate of drug-likeness (QED) is 0.541. The van der Waals surface area contributed by atoms with Gasteiger partial charge in [-0.1, -0.05) is 0 Å². The minimum absolute atomic E-state index is 0.